The zero-order chi connectivity index (χ0) is 7.52. The highest BCUT2D eigenvalue weighted by atomic mass is 15.0. The molecule has 64 valence electrons. The molecule has 0 radical (unpaired) electrons. The highest BCUT2D eigenvalue weighted by Crippen LogP contribution is 2.18. The van der Waals surface area contributed by atoms with Crippen molar-refractivity contribution in [3.8, 4) is 0 Å². The Morgan fingerprint density at radius 1 is 1.27 bits per heavy atom. The molecule has 1 unspecified atom stereocenters. The second kappa shape index (κ2) is 3.55. The fraction of sp³-hybridized carbons (Fsp3) is 1.00. The molecule has 0 aromatic rings. The van der Waals surface area contributed by atoms with Crippen LogP contribution in [0.15, 0.2) is 0 Å². The van der Waals surface area contributed by atoms with Gasteiger partial charge in [-0.15, -0.1) is 0 Å². The first kappa shape index (κ1) is 7.56. The number of rotatable bonds is 3. The Bertz CT molecular complexity index is 115. The van der Waals surface area contributed by atoms with Crippen molar-refractivity contribution in [3.63, 3.8) is 0 Å². The van der Waals surface area contributed by atoms with Gasteiger partial charge in [0.05, 0.1) is 0 Å². The van der Waals surface area contributed by atoms with Crippen LogP contribution in [0.3, 0.4) is 0 Å². The smallest absolute Gasteiger partial charge is 0.00672 e. The minimum Gasteiger partial charge on any atom is -0.316 e. The average Bonchev–Trinajstić information content (AvgIpc) is 2.36. The first-order chi connectivity index (χ1) is 5.45. The maximum Gasteiger partial charge on any atom is 0.00672 e. The molecule has 2 fully saturated rings. The van der Waals surface area contributed by atoms with E-state index in [9.17, 15) is 0 Å². The Hall–Kier alpha value is -0.0800. The third kappa shape index (κ3) is 1.94. The first-order valence-corrected chi connectivity index (χ1v) is 4.89. The number of hydrogen-bond donors (Lipinski definition) is 2. The van der Waals surface area contributed by atoms with Crippen LogP contribution >= 0.6 is 0 Å². The summed E-state index contributed by atoms with van der Waals surface area (Å²) in [5.41, 5.74) is 0. The lowest BCUT2D eigenvalue weighted by atomic mass is 9.92. The van der Waals surface area contributed by atoms with E-state index in [4.69, 9.17) is 0 Å². The van der Waals surface area contributed by atoms with Gasteiger partial charge in [0, 0.05) is 6.04 Å². The standard InChI is InChI=1S/C9H18N2/c1-2-9(3-1)11-7-8-4-5-10-6-8/h8-11H,1-7H2. The molecular weight excluding hydrogens is 136 g/mol. The zero-order valence-electron chi connectivity index (χ0n) is 7.10. The lowest BCUT2D eigenvalue weighted by Crippen LogP contribution is -2.38. The molecule has 2 rings (SSSR count). The summed E-state index contributed by atoms with van der Waals surface area (Å²) in [5, 5.41) is 7.01. The minimum absolute atomic E-state index is 0.871. The van der Waals surface area contributed by atoms with Gasteiger partial charge in [-0.3, -0.25) is 0 Å². The molecule has 0 aromatic carbocycles. The molecule has 1 saturated heterocycles. The Kier molecular flexibility index (Phi) is 2.44. The molecule has 0 spiro atoms. The van der Waals surface area contributed by atoms with E-state index in [0.29, 0.717) is 0 Å². The van der Waals surface area contributed by atoms with Crippen LogP contribution in [-0.4, -0.2) is 25.7 Å². The summed E-state index contributed by atoms with van der Waals surface area (Å²) in [6, 6.07) is 0.871. The summed E-state index contributed by atoms with van der Waals surface area (Å²) >= 11 is 0. The van der Waals surface area contributed by atoms with Gasteiger partial charge in [0.2, 0.25) is 0 Å². The van der Waals surface area contributed by atoms with Gasteiger partial charge < -0.3 is 10.6 Å². The molecule has 1 saturated carbocycles. The van der Waals surface area contributed by atoms with Crippen molar-refractivity contribution in [2.45, 2.75) is 31.7 Å². The van der Waals surface area contributed by atoms with Gasteiger partial charge in [-0.25, -0.2) is 0 Å². The normalized spacial score (nSPS) is 32.2. The Morgan fingerprint density at radius 3 is 2.73 bits per heavy atom. The van der Waals surface area contributed by atoms with Gasteiger partial charge >= 0.3 is 0 Å². The molecule has 2 nitrogen and oxygen atoms in total. The Balaban J connectivity index is 1.57. The molecule has 11 heavy (non-hydrogen) atoms. The van der Waals surface area contributed by atoms with E-state index in [1.807, 2.05) is 0 Å². The van der Waals surface area contributed by atoms with Gasteiger partial charge in [-0.2, -0.15) is 0 Å². The fourth-order valence-corrected chi connectivity index (χ4v) is 1.83. The van der Waals surface area contributed by atoms with Gasteiger partial charge in [-0.1, -0.05) is 6.42 Å². The summed E-state index contributed by atoms with van der Waals surface area (Å²) in [5.74, 6) is 0.913. The van der Waals surface area contributed by atoms with E-state index in [-0.39, 0.29) is 0 Å². The molecule has 2 N–H and O–H groups in total. The van der Waals surface area contributed by atoms with Crippen LogP contribution in [0.25, 0.3) is 0 Å². The highest BCUT2D eigenvalue weighted by Gasteiger charge is 2.19. The van der Waals surface area contributed by atoms with Crippen molar-refractivity contribution in [3.05, 3.63) is 0 Å². The van der Waals surface area contributed by atoms with Crippen LogP contribution in [-0.2, 0) is 0 Å². The quantitative estimate of drug-likeness (QED) is 0.626. The summed E-state index contributed by atoms with van der Waals surface area (Å²) in [4.78, 5) is 0. The van der Waals surface area contributed by atoms with E-state index in [1.54, 1.807) is 0 Å². The topological polar surface area (TPSA) is 24.1 Å². The van der Waals surface area contributed by atoms with Gasteiger partial charge in [0.15, 0.2) is 0 Å². The molecule has 0 amide bonds. The van der Waals surface area contributed by atoms with Crippen molar-refractivity contribution in [1.82, 2.24) is 10.6 Å². The van der Waals surface area contributed by atoms with E-state index in [2.05, 4.69) is 10.6 Å². The number of hydrogen-bond acceptors (Lipinski definition) is 2. The maximum atomic E-state index is 3.62. The predicted molar refractivity (Wildman–Crippen MR) is 46.6 cm³/mol. The third-order valence-electron chi connectivity index (χ3n) is 2.96. The van der Waals surface area contributed by atoms with Crippen molar-refractivity contribution >= 4 is 0 Å². The second-order valence-corrected chi connectivity index (χ2v) is 3.89. The number of nitrogens with one attached hydrogen (secondary N) is 2. The summed E-state index contributed by atoms with van der Waals surface area (Å²) in [7, 11) is 0. The maximum absolute atomic E-state index is 3.62. The molecule has 0 aromatic heterocycles. The highest BCUT2D eigenvalue weighted by molar-refractivity contribution is 4.80. The Labute approximate surface area is 68.7 Å². The molecular formula is C9H18N2. The van der Waals surface area contributed by atoms with Crippen molar-refractivity contribution in [2.75, 3.05) is 19.6 Å². The van der Waals surface area contributed by atoms with Gasteiger partial charge in [0.1, 0.15) is 0 Å². The molecule has 1 atom stereocenters. The van der Waals surface area contributed by atoms with Gasteiger partial charge in [0.25, 0.3) is 0 Å². The Morgan fingerprint density at radius 2 is 2.18 bits per heavy atom. The monoisotopic (exact) mass is 154 g/mol. The first-order valence-electron chi connectivity index (χ1n) is 4.89. The van der Waals surface area contributed by atoms with Crippen LogP contribution in [0, 0.1) is 5.92 Å². The van der Waals surface area contributed by atoms with Gasteiger partial charge in [-0.05, 0) is 44.8 Å². The molecule has 0 bridgehead atoms. The molecule has 2 heteroatoms. The van der Waals surface area contributed by atoms with Crippen LogP contribution in [0.1, 0.15) is 25.7 Å². The van der Waals surface area contributed by atoms with Crippen LogP contribution in [0.2, 0.25) is 0 Å². The summed E-state index contributed by atoms with van der Waals surface area (Å²) in [6.07, 6.45) is 5.65. The van der Waals surface area contributed by atoms with Crippen molar-refractivity contribution < 1.29 is 0 Å². The third-order valence-corrected chi connectivity index (χ3v) is 2.96. The molecule has 1 heterocycles. The SMILES string of the molecule is C1CC(NCC2CCNC2)C1. The fourth-order valence-electron chi connectivity index (χ4n) is 1.83. The second-order valence-electron chi connectivity index (χ2n) is 3.89. The lowest BCUT2D eigenvalue weighted by Gasteiger charge is -2.27. The molecule has 2 aliphatic rings. The zero-order valence-corrected chi connectivity index (χ0v) is 7.10. The minimum atomic E-state index is 0.871. The van der Waals surface area contributed by atoms with E-state index < -0.39 is 0 Å². The predicted octanol–water partition coefficient (Wildman–Crippen LogP) is 0.738. The van der Waals surface area contributed by atoms with E-state index in [0.717, 1.165) is 12.0 Å². The average molecular weight is 154 g/mol. The largest absolute Gasteiger partial charge is 0.316 e. The van der Waals surface area contributed by atoms with Crippen LogP contribution < -0.4 is 10.6 Å². The van der Waals surface area contributed by atoms with Crippen LogP contribution in [0.5, 0.6) is 0 Å². The molecule has 1 aliphatic heterocycles. The van der Waals surface area contributed by atoms with Crippen LogP contribution in [0.4, 0.5) is 0 Å². The summed E-state index contributed by atoms with van der Waals surface area (Å²) < 4.78 is 0. The van der Waals surface area contributed by atoms with E-state index in [1.165, 1.54) is 45.3 Å². The lowest BCUT2D eigenvalue weighted by molar-refractivity contribution is 0.321. The van der Waals surface area contributed by atoms with Crippen molar-refractivity contribution in [1.29, 1.82) is 0 Å². The molecule has 1 aliphatic carbocycles. The van der Waals surface area contributed by atoms with E-state index >= 15 is 0 Å². The van der Waals surface area contributed by atoms with Crippen molar-refractivity contribution in [2.24, 2.45) is 5.92 Å². The summed E-state index contributed by atoms with van der Waals surface area (Å²) in [6.45, 7) is 3.72.